The van der Waals surface area contributed by atoms with Gasteiger partial charge in [0.15, 0.2) is 0 Å². The maximum absolute atomic E-state index is 5.68. The van der Waals surface area contributed by atoms with Crippen LogP contribution in [-0.4, -0.2) is 52.4 Å². The lowest BCUT2D eigenvalue weighted by molar-refractivity contribution is 0.157. The van der Waals surface area contributed by atoms with Crippen LogP contribution in [0.4, 0.5) is 0 Å². The molecule has 2 rings (SSSR count). The van der Waals surface area contributed by atoms with E-state index in [0.29, 0.717) is 6.04 Å². The molecule has 5 nitrogen and oxygen atoms in total. The standard InChI is InChI=1S/C18H30N2O3/c1-5-6-7-15(20-10-8-19-9-11-20)18-16(22-3)12-14(21-2)13-17(18)23-4/h12-13,15,19H,5-11H2,1-4H3/t15-/m0/s1. The summed E-state index contributed by atoms with van der Waals surface area (Å²) in [5.41, 5.74) is 1.14. The van der Waals surface area contributed by atoms with Gasteiger partial charge in [-0.05, 0) is 6.42 Å². The van der Waals surface area contributed by atoms with Gasteiger partial charge in [-0.3, -0.25) is 4.90 Å². The van der Waals surface area contributed by atoms with E-state index < -0.39 is 0 Å². The average molecular weight is 322 g/mol. The Morgan fingerprint density at radius 1 is 1.04 bits per heavy atom. The van der Waals surface area contributed by atoms with Gasteiger partial charge in [0.1, 0.15) is 17.2 Å². The summed E-state index contributed by atoms with van der Waals surface area (Å²) in [6, 6.07) is 4.23. The fourth-order valence-corrected chi connectivity index (χ4v) is 3.26. The van der Waals surface area contributed by atoms with E-state index in [4.69, 9.17) is 14.2 Å². The van der Waals surface area contributed by atoms with E-state index in [1.54, 1.807) is 21.3 Å². The van der Waals surface area contributed by atoms with E-state index in [9.17, 15) is 0 Å². The molecule has 1 saturated heterocycles. The van der Waals surface area contributed by atoms with Crippen molar-refractivity contribution in [3.05, 3.63) is 17.7 Å². The van der Waals surface area contributed by atoms with Crippen LogP contribution in [0.1, 0.15) is 37.8 Å². The Morgan fingerprint density at radius 3 is 2.13 bits per heavy atom. The summed E-state index contributed by atoms with van der Waals surface area (Å²) in [5, 5.41) is 3.43. The molecule has 0 spiro atoms. The first-order valence-electron chi connectivity index (χ1n) is 8.49. The van der Waals surface area contributed by atoms with Crippen molar-refractivity contribution in [2.75, 3.05) is 47.5 Å². The number of rotatable bonds is 8. The van der Waals surface area contributed by atoms with Crippen LogP contribution in [0.5, 0.6) is 17.2 Å². The molecule has 0 saturated carbocycles. The Morgan fingerprint density at radius 2 is 1.65 bits per heavy atom. The van der Waals surface area contributed by atoms with Gasteiger partial charge in [-0.1, -0.05) is 19.8 Å². The summed E-state index contributed by atoms with van der Waals surface area (Å²) in [6.07, 6.45) is 3.48. The first-order chi connectivity index (χ1) is 11.2. The number of methoxy groups -OCH3 is 3. The van der Waals surface area contributed by atoms with Crippen molar-refractivity contribution in [2.45, 2.75) is 32.2 Å². The molecule has 0 aliphatic carbocycles. The van der Waals surface area contributed by atoms with Crippen LogP contribution in [0, 0.1) is 0 Å². The quantitative estimate of drug-likeness (QED) is 0.797. The molecule has 1 aliphatic heterocycles. The number of piperazine rings is 1. The van der Waals surface area contributed by atoms with Crippen molar-refractivity contribution in [1.82, 2.24) is 10.2 Å². The monoisotopic (exact) mass is 322 g/mol. The minimum absolute atomic E-state index is 0.313. The summed E-state index contributed by atoms with van der Waals surface area (Å²) in [7, 11) is 5.09. The molecular formula is C18H30N2O3. The number of nitrogens with one attached hydrogen (secondary N) is 1. The zero-order valence-corrected chi connectivity index (χ0v) is 14.9. The van der Waals surface area contributed by atoms with Gasteiger partial charge in [-0.25, -0.2) is 0 Å². The third-order valence-corrected chi connectivity index (χ3v) is 4.51. The summed E-state index contributed by atoms with van der Waals surface area (Å²) >= 11 is 0. The Balaban J connectivity index is 2.42. The summed E-state index contributed by atoms with van der Waals surface area (Å²) in [5.74, 6) is 2.46. The van der Waals surface area contributed by atoms with Gasteiger partial charge in [0.25, 0.3) is 0 Å². The van der Waals surface area contributed by atoms with Crippen molar-refractivity contribution in [1.29, 1.82) is 0 Å². The highest BCUT2D eigenvalue weighted by molar-refractivity contribution is 5.52. The summed E-state index contributed by atoms with van der Waals surface area (Å²) in [4.78, 5) is 2.54. The minimum atomic E-state index is 0.313. The fourth-order valence-electron chi connectivity index (χ4n) is 3.26. The predicted molar refractivity (Wildman–Crippen MR) is 92.8 cm³/mol. The smallest absolute Gasteiger partial charge is 0.131 e. The molecule has 1 atom stereocenters. The molecular weight excluding hydrogens is 292 g/mol. The number of ether oxygens (including phenoxy) is 3. The Labute approximate surface area is 139 Å². The maximum Gasteiger partial charge on any atom is 0.131 e. The van der Waals surface area contributed by atoms with Crippen molar-refractivity contribution < 1.29 is 14.2 Å². The SMILES string of the molecule is CCCC[C@@H](c1c(OC)cc(OC)cc1OC)N1CCNCC1. The molecule has 1 aliphatic rings. The van der Waals surface area contributed by atoms with Gasteiger partial charge < -0.3 is 19.5 Å². The van der Waals surface area contributed by atoms with E-state index in [1.807, 2.05) is 12.1 Å². The largest absolute Gasteiger partial charge is 0.496 e. The van der Waals surface area contributed by atoms with E-state index in [2.05, 4.69) is 17.1 Å². The lowest BCUT2D eigenvalue weighted by Crippen LogP contribution is -2.45. The molecule has 1 heterocycles. The molecule has 1 fully saturated rings. The lowest BCUT2D eigenvalue weighted by Gasteiger charge is -2.36. The Kier molecular flexibility index (Phi) is 6.99. The Hall–Kier alpha value is -1.46. The van der Waals surface area contributed by atoms with Crippen molar-refractivity contribution in [2.24, 2.45) is 0 Å². The van der Waals surface area contributed by atoms with Crippen molar-refractivity contribution in [3.63, 3.8) is 0 Å². The summed E-state index contributed by atoms with van der Waals surface area (Å²) < 4.78 is 16.7. The molecule has 1 aromatic carbocycles. The lowest BCUT2D eigenvalue weighted by atomic mass is 9.96. The van der Waals surface area contributed by atoms with Gasteiger partial charge in [0, 0.05) is 44.4 Å². The minimum Gasteiger partial charge on any atom is -0.496 e. The number of unbranched alkanes of at least 4 members (excludes halogenated alkanes) is 1. The van der Waals surface area contributed by atoms with Gasteiger partial charge in [-0.15, -0.1) is 0 Å². The zero-order valence-electron chi connectivity index (χ0n) is 14.9. The number of hydrogen-bond donors (Lipinski definition) is 1. The molecule has 5 heteroatoms. The third-order valence-electron chi connectivity index (χ3n) is 4.51. The highest BCUT2D eigenvalue weighted by Gasteiger charge is 2.28. The van der Waals surface area contributed by atoms with Crippen molar-refractivity contribution >= 4 is 0 Å². The molecule has 1 aromatic rings. The molecule has 130 valence electrons. The Bertz CT molecular complexity index is 462. The zero-order chi connectivity index (χ0) is 16.7. The first-order valence-corrected chi connectivity index (χ1v) is 8.49. The number of nitrogens with zero attached hydrogens (tertiary/aromatic N) is 1. The maximum atomic E-state index is 5.68. The predicted octanol–water partition coefficient (Wildman–Crippen LogP) is 2.85. The molecule has 23 heavy (non-hydrogen) atoms. The van der Waals surface area contributed by atoms with Crippen molar-refractivity contribution in [3.8, 4) is 17.2 Å². The first kappa shape index (κ1) is 17.9. The van der Waals surface area contributed by atoms with E-state index in [0.717, 1.165) is 55.4 Å². The van der Waals surface area contributed by atoms with Gasteiger partial charge in [0.2, 0.25) is 0 Å². The molecule has 1 N–H and O–H groups in total. The van der Waals surface area contributed by atoms with Crippen LogP contribution < -0.4 is 19.5 Å². The molecule has 0 aromatic heterocycles. The number of hydrogen-bond acceptors (Lipinski definition) is 5. The highest BCUT2D eigenvalue weighted by Crippen LogP contribution is 2.42. The highest BCUT2D eigenvalue weighted by atomic mass is 16.5. The van der Waals surface area contributed by atoms with Gasteiger partial charge >= 0.3 is 0 Å². The second-order valence-corrected chi connectivity index (χ2v) is 5.89. The van der Waals surface area contributed by atoms with Crippen LogP contribution in [-0.2, 0) is 0 Å². The van der Waals surface area contributed by atoms with Crippen LogP contribution in [0.25, 0.3) is 0 Å². The normalized spacial score (nSPS) is 16.9. The van der Waals surface area contributed by atoms with Crippen LogP contribution >= 0.6 is 0 Å². The van der Waals surface area contributed by atoms with Gasteiger partial charge in [0.05, 0.1) is 26.9 Å². The topological polar surface area (TPSA) is 43.0 Å². The van der Waals surface area contributed by atoms with E-state index in [-0.39, 0.29) is 0 Å². The fraction of sp³-hybridized carbons (Fsp3) is 0.667. The molecule has 0 bridgehead atoms. The number of benzene rings is 1. The summed E-state index contributed by atoms with van der Waals surface area (Å²) in [6.45, 7) is 6.39. The van der Waals surface area contributed by atoms with Crippen LogP contribution in [0.2, 0.25) is 0 Å². The van der Waals surface area contributed by atoms with Crippen LogP contribution in [0.3, 0.4) is 0 Å². The van der Waals surface area contributed by atoms with Crippen LogP contribution in [0.15, 0.2) is 12.1 Å². The van der Waals surface area contributed by atoms with Gasteiger partial charge in [-0.2, -0.15) is 0 Å². The average Bonchev–Trinajstić information content (AvgIpc) is 2.62. The second-order valence-electron chi connectivity index (χ2n) is 5.89. The second kappa shape index (κ2) is 8.99. The van der Waals surface area contributed by atoms with E-state index in [1.165, 1.54) is 12.8 Å². The molecule has 0 radical (unpaired) electrons. The van der Waals surface area contributed by atoms with E-state index >= 15 is 0 Å². The molecule has 0 unspecified atom stereocenters. The third kappa shape index (κ3) is 4.30. The molecule has 0 amide bonds.